The van der Waals surface area contributed by atoms with Crippen molar-refractivity contribution in [3.8, 4) is 0 Å². The van der Waals surface area contributed by atoms with Crippen molar-refractivity contribution in [1.29, 1.82) is 0 Å². The summed E-state index contributed by atoms with van der Waals surface area (Å²) in [6, 6.07) is 16.6. The molecule has 0 saturated carbocycles. The number of nitro groups is 1. The van der Waals surface area contributed by atoms with E-state index < -0.39 is 16.4 Å². The maximum Gasteiger partial charge on any atom is 0.304 e. The Morgan fingerprint density at radius 3 is 2.43 bits per heavy atom. The monoisotopic (exact) mass is 309 g/mol. The summed E-state index contributed by atoms with van der Waals surface area (Å²) < 4.78 is 13.6. The Hall–Kier alpha value is -3.08. The first kappa shape index (κ1) is 14.8. The van der Waals surface area contributed by atoms with E-state index in [0.29, 0.717) is 11.1 Å². The van der Waals surface area contributed by atoms with Gasteiger partial charge in [-0.1, -0.05) is 42.5 Å². The third-order valence-corrected chi connectivity index (χ3v) is 3.64. The molecule has 23 heavy (non-hydrogen) atoms. The number of halogens is 1. The molecule has 4 nitrogen and oxygen atoms in total. The molecule has 0 fully saturated rings. The van der Waals surface area contributed by atoms with Crippen LogP contribution in [0, 0.1) is 15.9 Å². The highest BCUT2D eigenvalue weighted by Crippen LogP contribution is 2.20. The van der Waals surface area contributed by atoms with Crippen LogP contribution in [0.15, 0.2) is 60.7 Å². The minimum Gasteiger partial charge on any atom is -0.294 e. The molecule has 0 N–H and O–H groups in total. The SMILES string of the molecule is O=C(Cc1ccc([N+](=O)[O-])c(F)c1)c1ccc2ccccc2c1. The second kappa shape index (κ2) is 5.96. The molecular weight excluding hydrogens is 297 g/mol. The zero-order valence-corrected chi connectivity index (χ0v) is 12.0. The van der Waals surface area contributed by atoms with Gasteiger partial charge in [-0.15, -0.1) is 0 Å². The summed E-state index contributed by atoms with van der Waals surface area (Å²) in [7, 11) is 0. The summed E-state index contributed by atoms with van der Waals surface area (Å²) in [5, 5.41) is 12.6. The lowest BCUT2D eigenvalue weighted by molar-refractivity contribution is -0.387. The minimum atomic E-state index is -0.932. The van der Waals surface area contributed by atoms with Gasteiger partial charge in [-0.25, -0.2) is 0 Å². The zero-order chi connectivity index (χ0) is 16.4. The molecule has 3 aromatic rings. The number of nitrogens with zero attached hydrogens (tertiary/aromatic N) is 1. The van der Waals surface area contributed by atoms with E-state index in [-0.39, 0.29) is 12.2 Å². The predicted octanol–water partition coefficient (Wildman–Crippen LogP) is 4.31. The predicted molar refractivity (Wildman–Crippen MR) is 85.0 cm³/mol. The first-order valence-corrected chi connectivity index (χ1v) is 6.99. The Labute approximate surface area is 131 Å². The van der Waals surface area contributed by atoms with Gasteiger partial charge in [-0.3, -0.25) is 14.9 Å². The van der Waals surface area contributed by atoms with Crippen molar-refractivity contribution in [2.45, 2.75) is 6.42 Å². The van der Waals surface area contributed by atoms with Gasteiger partial charge in [0.25, 0.3) is 0 Å². The molecule has 0 spiro atoms. The third-order valence-electron chi connectivity index (χ3n) is 3.64. The highest BCUT2D eigenvalue weighted by atomic mass is 19.1. The van der Waals surface area contributed by atoms with Gasteiger partial charge >= 0.3 is 5.69 Å². The van der Waals surface area contributed by atoms with Gasteiger partial charge in [0.05, 0.1) is 4.92 Å². The van der Waals surface area contributed by atoms with Crippen LogP contribution in [0.1, 0.15) is 15.9 Å². The standard InChI is InChI=1S/C18H12FNO3/c19-16-9-12(5-8-17(16)20(22)23)10-18(21)15-7-6-13-3-1-2-4-14(13)11-15/h1-9,11H,10H2. The maximum atomic E-state index is 13.6. The molecule has 0 bridgehead atoms. The molecule has 0 aliphatic heterocycles. The van der Waals surface area contributed by atoms with E-state index in [2.05, 4.69) is 0 Å². The summed E-state index contributed by atoms with van der Waals surface area (Å²) in [5.74, 6) is -1.09. The smallest absolute Gasteiger partial charge is 0.294 e. The normalized spacial score (nSPS) is 10.7. The van der Waals surface area contributed by atoms with Crippen LogP contribution >= 0.6 is 0 Å². The number of carbonyl (C=O) groups is 1. The fourth-order valence-corrected chi connectivity index (χ4v) is 2.46. The Morgan fingerprint density at radius 2 is 1.74 bits per heavy atom. The van der Waals surface area contributed by atoms with Gasteiger partial charge in [0.2, 0.25) is 5.82 Å². The molecule has 114 valence electrons. The molecule has 0 amide bonds. The third kappa shape index (κ3) is 3.08. The molecule has 0 radical (unpaired) electrons. The van der Waals surface area contributed by atoms with Crippen LogP contribution in [0.3, 0.4) is 0 Å². The average molecular weight is 309 g/mol. The lowest BCUT2D eigenvalue weighted by Gasteiger charge is -2.04. The lowest BCUT2D eigenvalue weighted by atomic mass is 10.00. The number of ketones is 1. The maximum absolute atomic E-state index is 13.6. The summed E-state index contributed by atoms with van der Waals surface area (Å²) in [6.45, 7) is 0. The second-order valence-corrected chi connectivity index (χ2v) is 5.20. The van der Waals surface area contributed by atoms with Crippen molar-refractivity contribution < 1.29 is 14.1 Å². The van der Waals surface area contributed by atoms with Crippen molar-refractivity contribution in [2.24, 2.45) is 0 Å². The number of hydrogen-bond donors (Lipinski definition) is 0. The van der Waals surface area contributed by atoms with Gasteiger partial charge in [-0.2, -0.15) is 4.39 Å². The lowest BCUT2D eigenvalue weighted by Crippen LogP contribution is -2.04. The first-order valence-electron chi connectivity index (χ1n) is 6.99. The number of carbonyl (C=O) groups excluding carboxylic acids is 1. The van der Waals surface area contributed by atoms with Gasteiger partial charge in [-0.05, 0) is 28.5 Å². The summed E-state index contributed by atoms with van der Waals surface area (Å²) in [6.07, 6.45) is -0.00669. The van der Waals surface area contributed by atoms with E-state index in [9.17, 15) is 19.3 Å². The Bertz CT molecular complexity index is 921. The van der Waals surface area contributed by atoms with Crippen LogP contribution in [0.25, 0.3) is 10.8 Å². The average Bonchev–Trinajstić information content (AvgIpc) is 2.54. The van der Waals surface area contributed by atoms with E-state index in [0.717, 1.165) is 22.9 Å². The highest BCUT2D eigenvalue weighted by molar-refractivity contribution is 6.01. The second-order valence-electron chi connectivity index (χ2n) is 5.20. The molecule has 0 unspecified atom stereocenters. The molecule has 3 aromatic carbocycles. The van der Waals surface area contributed by atoms with Crippen molar-refractivity contribution in [1.82, 2.24) is 0 Å². The minimum absolute atomic E-state index is 0.00669. The van der Waals surface area contributed by atoms with Crippen LogP contribution in [0.5, 0.6) is 0 Å². The van der Waals surface area contributed by atoms with Crippen LogP contribution < -0.4 is 0 Å². The quantitative estimate of drug-likeness (QED) is 0.410. The Morgan fingerprint density at radius 1 is 1.00 bits per heavy atom. The molecule has 0 aliphatic carbocycles. The van der Waals surface area contributed by atoms with Crippen LogP contribution in [-0.2, 0) is 6.42 Å². The first-order chi connectivity index (χ1) is 11.0. The van der Waals surface area contributed by atoms with Crippen molar-refractivity contribution in [3.05, 3.63) is 87.7 Å². The van der Waals surface area contributed by atoms with E-state index in [4.69, 9.17) is 0 Å². The summed E-state index contributed by atoms with van der Waals surface area (Å²) in [5.41, 5.74) is 0.348. The topological polar surface area (TPSA) is 60.2 Å². The molecule has 0 atom stereocenters. The Balaban J connectivity index is 1.85. The molecule has 0 heterocycles. The van der Waals surface area contributed by atoms with Gasteiger partial charge in [0.1, 0.15) is 0 Å². The van der Waals surface area contributed by atoms with E-state index >= 15 is 0 Å². The molecule has 5 heteroatoms. The van der Waals surface area contributed by atoms with Gasteiger partial charge in [0.15, 0.2) is 5.78 Å². The number of hydrogen-bond acceptors (Lipinski definition) is 3. The van der Waals surface area contributed by atoms with Crippen molar-refractivity contribution in [2.75, 3.05) is 0 Å². The number of benzene rings is 3. The van der Waals surface area contributed by atoms with Crippen LogP contribution in [0.2, 0.25) is 0 Å². The van der Waals surface area contributed by atoms with E-state index in [1.165, 1.54) is 6.07 Å². The van der Waals surface area contributed by atoms with Gasteiger partial charge in [0, 0.05) is 18.1 Å². The molecule has 3 rings (SSSR count). The molecular formula is C18H12FNO3. The molecule has 0 aliphatic rings. The largest absolute Gasteiger partial charge is 0.304 e. The molecule has 0 saturated heterocycles. The summed E-state index contributed by atoms with van der Waals surface area (Å²) >= 11 is 0. The van der Waals surface area contributed by atoms with E-state index in [1.54, 1.807) is 12.1 Å². The number of nitro benzene ring substituents is 1. The van der Waals surface area contributed by atoms with Crippen molar-refractivity contribution in [3.63, 3.8) is 0 Å². The zero-order valence-electron chi connectivity index (χ0n) is 12.0. The fourth-order valence-electron chi connectivity index (χ4n) is 2.46. The fraction of sp³-hybridized carbons (Fsp3) is 0.0556. The number of rotatable bonds is 4. The Kier molecular flexibility index (Phi) is 3.85. The van der Waals surface area contributed by atoms with Gasteiger partial charge < -0.3 is 0 Å². The highest BCUT2D eigenvalue weighted by Gasteiger charge is 2.15. The van der Waals surface area contributed by atoms with Crippen LogP contribution in [0.4, 0.5) is 10.1 Å². The van der Waals surface area contributed by atoms with Crippen molar-refractivity contribution >= 4 is 22.2 Å². The number of fused-ring (bicyclic) bond motifs is 1. The summed E-state index contributed by atoms with van der Waals surface area (Å²) in [4.78, 5) is 22.1. The number of Topliss-reactive ketones (excluding diaryl/α,β-unsaturated/α-hetero) is 1. The molecule has 0 aromatic heterocycles. The van der Waals surface area contributed by atoms with Crippen LogP contribution in [-0.4, -0.2) is 10.7 Å². The van der Waals surface area contributed by atoms with E-state index in [1.807, 2.05) is 30.3 Å².